The topological polar surface area (TPSA) is 104 Å². The van der Waals surface area contributed by atoms with Crippen LogP contribution in [0.2, 0.25) is 0 Å². The number of ether oxygens (including phenoxy) is 3. The molecule has 0 bridgehead atoms. The van der Waals surface area contributed by atoms with Crippen molar-refractivity contribution in [3.63, 3.8) is 0 Å². The zero-order valence-electron chi connectivity index (χ0n) is 25.9. The maximum Gasteiger partial charge on any atom is 0.225 e. The van der Waals surface area contributed by atoms with Crippen LogP contribution in [0.5, 0.6) is 11.5 Å². The predicted molar refractivity (Wildman–Crippen MR) is 169 cm³/mol. The van der Waals surface area contributed by atoms with Gasteiger partial charge in [0.15, 0.2) is 23.6 Å². The average Bonchev–Trinajstić information content (AvgIpc) is 3.68. The lowest BCUT2D eigenvalue weighted by Crippen LogP contribution is -2.23. The van der Waals surface area contributed by atoms with Crippen LogP contribution in [0.25, 0.3) is 11.3 Å². The summed E-state index contributed by atoms with van der Waals surface area (Å²) in [4.78, 5) is 11.9. The molecule has 234 valence electrons. The molecule has 1 atom stereocenters. The molecule has 0 spiro atoms. The second-order valence-corrected chi connectivity index (χ2v) is 11.0. The van der Waals surface area contributed by atoms with Crippen LogP contribution in [-0.2, 0) is 24.9 Å². The number of methoxy groups -OCH3 is 2. The SMILES string of the molecule is COc1ccc(CN(c2cc(C)n(C3CCCCO3)n2)c2nc(NCc3ccc(F)cc3)nc(-c3cnn(C)c3)c2OC)cc1. The van der Waals surface area contributed by atoms with Crippen molar-refractivity contribution in [3.05, 3.63) is 89.6 Å². The van der Waals surface area contributed by atoms with Crippen molar-refractivity contribution in [1.29, 1.82) is 0 Å². The summed E-state index contributed by atoms with van der Waals surface area (Å²) in [5.74, 6) is 2.55. The van der Waals surface area contributed by atoms with Gasteiger partial charge in [-0.25, -0.2) is 14.1 Å². The van der Waals surface area contributed by atoms with E-state index in [1.165, 1.54) is 12.1 Å². The van der Waals surface area contributed by atoms with Gasteiger partial charge in [-0.1, -0.05) is 24.3 Å². The van der Waals surface area contributed by atoms with Gasteiger partial charge in [0.2, 0.25) is 5.95 Å². The molecule has 0 radical (unpaired) electrons. The summed E-state index contributed by atoms with van der Waals surface area (Å²) in [5.41, 5.74) is 4.22. The molecule has 1 aliphatic heterocycles. The summed E-state index contributed by atoms with van der Waals surface area (Å²) in [6.45, 7) is 3.58. The van der Waals surface area contributed by atoms with Gasteiger partial charge in [-0.2, -0.15) is 15.2 Å². The van der Waals surface area contributed by atoms with Crippen LogP contribution in [0, 0.1) is 12.7 Å². The van der Waals surface area contributed by atoms with Crippen molar-refractivity contribution in [2.24, 2.45) is 7.05 Å². The molecule has 45 heavy (non-hydrogen) atoms. The van der Waals surface area contributed by atoms with E-state index in [1.807, 2.05) is 60.1 Å². The Bertz CT molecular complexity index is 1730. The molecule has 6 rings (SSSR count). The Morgan fingerprint density at radius 2 is 1.80 bits per heavy atom. The number of benzene rings is 2. The van der Waals surface area contributed by atoms with Gasteiger partial charge in [-0.15, -0.1) is 0 Å². The molecule has 3 aromatic heterocycles. The smallest absolute Gasteiger partial charge is 0.225 e. The zero-order valence-corrected chi connectivity index (χ0v) is 25.9. The Hall–Kier alpha value is -4.97. The van der Waals surface area contributed by atoms with E-state index in [9.17, 15) is 4.39 Å². The fourth-order valence-electron chi connectivity index (χ4n) is 5.40. The van der Waals surface area contributed by atoms with Gasteiger partial charge in [0.25, 0.3) is 0 Å². The highest BCUT2D eigenvalue weighted by Gasteiger charge is 2.27. The van der Waals surface area contributed by atoms with Crippen molar-refractivity contribution in [2.45, 2.75) is 45.5 Å². The van der Waals surface area contributed by atoms with Crippen molar-refractivity contribution in [1.82, 2.24) is 29.5 Å². The van der Waals surface area contributed by atoms with E-state index in [4.69, 9.17) is 29.3 Å². The van der Waals surface area contributed by atoms with Gasteiger partial charge >= 0.3 is 0 Å². The highest BCUT2D eigenvalue weighted by Crippen LogP contribution is 2.41. The van der Waals surface area contributed by atoms with E-state index in [-0.39, 0.29) is 12.0 Å². The number of anilines is 3. The zero-order chi connectivity index (χ0) is 31.3. The number of rotatable bonds is 11. The summed E-state index contributed by atoms with van der Waals surface area (Å²) in [6.07, 6.45) is 6.54. The van der Waals surface area contributed by atoms with Crippen LogP contribution < -0.4 is 19.7 Å². The third-order valence-corrected chi connectivity index (χ3v) is 7.76. The van der Waals surface area contributed by atoms with E-state index in [1.54, 1.807) is 37.2 Å². The van der Waals surface area contributed by atoms with Crippen LogP contribution in [-0.4, -0.2) is 50.4 Å². The standard InChI is InChI=1S/C33H37FN8O3/c1-22-17-28(39-42(22)29-7-5-6-16-45-29)41(20-24-10-14-27(43-3)15-11-24)32-31(44-4)30(25-19-36-40(2)21-25)37-33(38-32)35-18-23-8-12-26(34)13-9-23/h8-15,17,19,21,29H,5-7,16,18,20H2,1-4H3,(H,35,37,38). The molecule has 12 heteroatoms. The van der Waals surface area contributed by atoms with Crippen molar-refractivity contribution >= 4 is 17.6 Å². The molecule has 5 aromatic rings. The first-order chi connectivity index (χ1) is 21.9. The van der Waals surface area contributed by atoms with E-state index in [0.717, 1.165) is 47.4 Å². The average molecular weight is 613 g/mol. The number of hydrogen-bond donors (Lipinski definition) is 1. The molecule has 11 nitrogen and oxygen atoms in total. The summed E-state index contributed by atoms with van der Waals surface area (Å²) in [6, 6.07) is 16.3. The molecule has 4 heterocycles. The molecular weight excluding hydrogens is 575 g/mol. The highest BCUT2D eigenvalue weighted by atomic mass is 19.1. The van der Waals surface area contributed by atoms with Crippen molar-refractivity contribution in [3.8, 4) is 22.8 Å². The largest absolute Gasteiger partial charge is 0.497 e. The van der Waals surface area contributed by atoms with Crippen LogP contribution in [0.3, 0.4) is 0 Å². The summed E-state index contributed by atoms with van der Waals surface area (Å²) in [5, 5.41) is 12.8. The highest BCUT2D eigenvalue weighted by molar-refractivity contribution is 5.77. The van der Waals surface area contributed by atoms with E-state index < -0.39 is 0 Å². The number of aromatic nitrogens is 6. The molecular formula is C33H37FN8O3. The lowest BCUT2D eigenvalue weighted by Gasteiger charge is -2.26. The fourth-order valence-corrected chi connectivity index (χ4v) is 5.40. The minimum Gasteiger partial charge on any atom is -0.497 e. The number of nitrogens with zero attached hydrogens (tertiary/aromatic N) is 7. The Morgan fingerprint density at radius 1 is 1.02 bits per heavy atom. The first-order valence-corrected chi connectivity index (χ1v) is 14.9. The Labute approximate surface area is 261 Å². The van der Waals surface area contributed by atoms with Crippen LogP contribution in [0.1, 0.15) is 42.3 Å². The van der Waals surface area contributed by atoms with Gasteiger partial charge < -0.3 is 24.4 Å². The maximum absolute atomic E-state index is 13.6. The maximum atomic E-state index is 13.6. The van der Waals surface area contributed by atoms with Crippen LogP contribution in [0.4, 0.5) is 22.0 Å². The lowest BCUT2D eigenvalue weighted by molar-refractivity contribution is -0.0405. The summed E-state index contributed by atoms with van der Waals surface area (Å²) in [7, 11) is 5.11. The fraction of sp³-hybridized carbons (Fsp3) is 0.333. The third kappa shape index (κ3) is 6.75. The van der Waals surface area contributed by atoms with Gasteiger partial charge in [-0.3, -0.25) is 4.68 Å². The quantitative estimate of drug-likeness (QED) is 0.187. The molecule has 2 aromatic carbocycles. The predicted octanol–water partition coefficient (Wildman–Crippen LogP) is 6.19. The van der Waals surface area contributed by atoms with Gasteiger partial charge in [0.05, 0.1) is 27.0 Å². The van der Waals surface area contributed by atoms with E-state index in [2.05, 4.69) is 10.4 Å². The first kappa shape index (κ1) is 30.1. The number of hydrogen-bond acceptors (Lipinski definition) is 9. The second kappa shape index (κ2) is 13.3. The number of aryl methyl sites for hydroxylation is 2. The molecule has 0 saturated carbocycles. The van der Waals surface area contributed by atoms with Gasteiger partial charge in [-0.05, 0) is 61.6 Å². The van der Waals surface area contributed by atoms with Gasteiger partial charge in [0, 0.05) is 43.7 Å². The molecule has 1 N–H and O–H groups in total. The number of halogens is 1. The third-order valence-electron chi connectivity index (χ3n) is 7.76. The van der Waals surface area contributed by atoms with Gasteiger partial charge in [0.1, 0.15) is 17.3 Å². The van der Waals surface area contributed by atoms with Crippen molar-refractivity contribution < 1.29 is 18.6 Å². The molecule has 1 unspecified atom stereocenters. The van der Waals surface area contributed by atoms with E-state index in [0.29, 0.717) is 48.7 Å². The molecule has 1 aliphatic rings. The molecule has 1 fully saturated rings. The normalized spacial score (nSPS) is 14.7. The Kier molecular flexibility index (Phi) is 8.92. The minimum atomic E-state index is -0.289. The molecule has 1 saturated heterocycles. The first-order valence-electron chi connectivity index (χ1n) is 14.9. The molecule has 0 aliphatic carbocycles. The summed E-state index contributed by atoms with van der Waals surface area (Å²) < 4.78 is 34.8. The lowest BCUT2D eigenvalue weighted by atomic mass is 10.1. The monoisotopic (exact) mass is 612 g/mol. The second-order valence-electron chi connectivity index (χ2n) is 11.0. The van der Waals surface area contributed by atoms with Crippen LogP contribution >= 0.6 is 0 Å². The summed E-state index contributed by atoms with van der Waals surface area (Å²) >= 11 is 0. The Morgan fingerprint density at radius 3 is 2.47 bits per heavy atom. The number of nitrogens with one attached hydrogen (secondary N) is 1. The van der Waals surface area contributed by atoms with Crippen molar-refractivity contribution in [2.75, 3.05) is 31.0 Å². The molecule has 0 amide bonds. The van der Waals surface area contributed by atoms with Crippen LogP contribution in [0.15, 0.2) is 67.0 Å². The minimum absolute atomic E-state index is 0.124. The Balaban J connectivity index is 1.47. The van der Waals surface area contributed by atoms with E-state index >= 15 is 0 Å².